The molecule has 0 N–H and O–H groups in total. The summed E-state index contributed by atoms with van der Waals surface area (Å²) in [7, 11) is -3.69. The molecule has 0 aromatic heterocycles. The van der Waals surface area contributed by atoms with Gasteiger partial charge in [-0.3, -0.25) is 9.69 Å². The van der Waals surface area contributed by atoms with Crippen LogP contribution in [0.25, 0.3) is 0 Å². The van der Waals surface area contributed by atoms with Crippen LogP contribution in [-0.2, 0) is 21.4 Å². The summed E-state index contributed by atoms with van der Waals surface area (Å²) in [5, 5.41) is 0. The summed E-state index contributed by atoms with van der Waals surface area (Å²) in [5.41, 5.74) is 0.854. The van der Waals surface area contributed by atoms with Crippen molar-refractivity contribution in [2.45, 2.75) is 17.5 Å². The minimum Gasteiger partial charge on any atom is -0.310 e. The van der Waals surface area contributed by atoms with E-state index in [1.165, 1.54) is 26.2 Å². The summed E-state index contributed by atoms with van der Waals surface area (Å²) in [4.78, 5) is 28.3. The Kier molecular flexibility index (Phi) is 4.45. The number of urea groups is 1. The van der Waals surface area contributed by atoms with Gasteiger partial charge in [0.15, 0.2) is 0 Å². The molecule has 2 saturated heterocycles. The first kappa shape index (κ1) is 17.7. The van der Waals surface area contributed by atoms with Crippen LogP contribution in [-0.4, -0.2) is 60.1 Å². The fraction of sp³-hybridized carbons (Fsp3) is 0.263. The van der Waals surface area contributed by atoms with E-state index >= 15 is 0 Å². The maximum absolute atomic E-state index is 12.8. The van der Waals surface area contributed by atoms with Crippen molar-refractivity contribution in [1.29, 1.82) is 0 Å². The van der Waals surface area contributed by atoms with Crippen LogP contribution in [0.2, 0.25) is 0 Å². The summed E-state index contributed by atoms with van der Waals surface area (Å²) < 4.78 is 27.0. The summed E-state index contributed by atoms with van der Waals surface area (Å²) in [6.07, 6.45) is 0. The molecule has 2 aliphatic heterocycles. The number of carbonyl (C=O) groups excluding carboxylic acids is 2. The van der Waals surface area contributed by atoms with E-state index in [0.29, 0.717) is 0 Å². The number of carbonyl (C=O) groups is 2. The standard InChI is InChI=1S/C19H19N3O4S/c23-18-17-14-20(27(25,26)16-9-5-2-6-10-16)11-12-21(17)19(24)22(18)13-15-7-3-1-4-8-15/h1-10,17H,11-14H2/t17-/m1/s1. The van der Waals surface area contributed by atoms with Crippen molar-refractivity contribution in [2.75, 3.05) is 19.6 Å². The van der Waals surface area contributed by atoms with Crippen LogP contribution in [0, 0.1) is 0 Å². The molecule has 7 nitrogen and oxygen atoms in total. The Labute approximate surface area is 157 Å². The molecule has 8 heteroatoms. The molecule has 0 saturated carbocycles. The Balaban J connectivity index is 1.55. The van der Waals surface area contributed by atoms with Crippen LogP contribution in [0.1, 0.15) is 5.56 Å². The van der Waals surface area contributed by atoms with Gasteiger partial charge in [0, 0.05) is 19.6 Å². The number of piperazine rings is 1. The zero-order chi connectivity index (χ0) is 19.0. The van der Waals surface area contributed by atoms with Crippen molar-refractivity contribution in [1.82, 2.24) is 14.1 Å². The van der Waals surface area contributed by atoms with Gasteiger partial charge in [0.1, 0.15) is 6.04 Å². The van der Waals surface area contributed by atoms with Gasteiger partial charge in [-0.15, -0.1) is 0 Å². The number of fused-ring (bicyclic) bond motifs is 1. The van der Waals surface area contributed by atoms with Crippen molar-refractivity contribution in [3.63, 3.8) is 0 Å². The van der Waals surface area contributed by atoms with Crippen molar-refractivity contribution in [3.05, 3.63) is 66.2 Å². The first-order chi connectivity index (χ1) is 13.0. The van der Waals surface area contributed by atoms with Gasteiger partial charge in [-0.25, -0.2) is 13.2 Å². The highest BCUT2D eigenvalue weighted by Gasteiger charge is 2.49. The molecule has 0 unspecified atom stereocenters. The molecule has 2 aromatic rings. The van der Waals surface area contributed by atoms with E-state index in [0.717, 1.165) is 5.56 Å². The molecule has 2 aromatic carbocycles. The second kappa shape index (κ2) is 6.79. The molecule has 0 radical (unpaired) electrons. The second-order valence-corrected chi connectivity index (χ2v) is 8.52. The maximum Gasteiger partial charge on any atom is 0.327 e. The summed E-state index contributed by atoms with van der Waals surface area (Å²) in [5.74, 6) is -0.350. The van der Waals surface area contributed by atoms with Crippen LogP contribution in [0.5, 0.6) is 0 Å². The van der Waals surface area contributed by atoms with Gasteiger partial charge in [-0.1, -0.05) is 48.5 Å². The van der Waals surface area contributed by atoms with Gasteiger partial charge in [0.25, 0.3) is 5.91 Å². The first-order valence-electron chi connectivity index (χ1n) is 8.69. The van der Waals surface area contributed by atoms with Gasteiger partial charge in [0.05, 0.1) is 11.4 Å². The number of imide groups is 1. The largest absolute Gasteiger partial charge is 0.327 e. The number of nitrogens with zero attached hydrogens (tertiary/aromatic N) is 3. The van der Waals surface area contributed by atoms with Crippen molar-refractivity contribution < 1.29 is 18.0 Å². The van der Waals surface area contributed by atoms with Gasteiger partial charge < -0.3 is 4.90 Å². The minimum atomic E-state index is -3.69. The molecular formula is C19H19N3O4S. The highest BCUT2D eigenvalue weighted by molar-refractivity contribution is 7.89. The van der Waals surface area contributed by atoms with Crippen LogP contribution in [0.15, 0.2) is 65.6 Å². The first-order valence-corrected chi connectivity index (χ1v) is 10.1. The van der Waals surface area contributed by atoms with E-state index in [9.17, 15) is 18.0 Å². The summed E-state index contributed by atoms with van der Waals surface area (Å²) in [6, 6.07) is 16.3. The Morgan fingerprint density at radius 3 is 2.19 bits per heavy atom. The second-order valence-electron chi connectivity index (χ2n) is 6.58. The lowest BCUT2D eigenvalue weighted by Crippen LogP contribution is -2.54. The van der Waals surface area contributed by atoms with E-state index in [1.54, 1.807) is 18.2 Å². The highest BCUT2D eigenvalue weighted by atomic mass is 32.2. The number of hydrogen-bond acceptors (Lipinski definition) is 4. The zero-order valence-electron chi connectivity index (χ0n) is 14.6. The van der Waals surface area contributed by atoms with E-state index in [2.05, 4.69) is 0 Å². The molecule has 4 rings (SSSR count). The molecule has 2 heterocycles. The predicted molar refractivity (Wildman–Crippen MR) is 98.1 cm³/mol. The molecule has 2 fully saturated rings. The molecule has 0 spiro atoms. The lowest BCUT2D eigenvalue weighted by molar-refractivity contribution is -0.129. The van der Waals surface area contributed by atoms with Gasteiger partial charge >= 0.3 is 6.03 Å². The van der Waals surface area contributed by atoms with Gasteiger partial charge in [0.2, 0.25) is 10.0 Å². The molecular weight excluding hydrogens is 366 g/mol. The SMILES string of the molecule is O=C1[C@H]2CN(S(=O)(=O)c3ccccc3)CCN2C(=O)N1Cc1ccccc1. The van der Waals surface area contributed by atoms with Crippen LogP contribution in [0.3, 0.4) is 0 Å². The Hall–Kier alpha value is -2.71. The van der Waals surface area contributed by atoms with E-state index in [1.807, 2.05) is 30.3 Å². The number of amides is 3. The Bertz CT molecular complexity index is 963. The lowest BCUT2D eigenvalue weighted by Gasteiger charge is -2.34. The number of rotatable bonds is 4. The molecule has 140 valence electrons. The average Bonchev–Trinajstić information content (AvgIpc) is 2.94. The summed E-state index contributed by atoms with van der Waals surface area (Å²) >= 11 is 0. The van der Waals surface area contributed by atoms with E-state index < -0.39 is 16.1 Å². The monoisotopic (exact) mass is 385 g/mol. The van der Waals surface area contributed by atoms with E-state index in [-0.39, 0.29) is 43.0 Å². The maximum atomic E-state index is 12.8. The topological polar surface area (TPSA) is 78.0 Å². The van der Waals surface area contributed by atoms with E-state index in [4.69, 9.17) is 0 Å². The molecule has 27 heavy (non-hydrogen) atoms. The van der Waals surface area contributed by atoms with Crippen LogP contribution >= 0.6 is 0 Å². The number of benzene rings is 2. The van der Waals surface area contributed by atoms with Gasteiger partial charge in [-0.2, -0.15) is 4.31 Å². The van der Waals surface area contributed by atoms with Gasteiger partial charge in [-0.05, 0) is 17.7 Å². The molecule has 0 bridgehead atoms. The predicted octanol–water partition coefficient (Wildman–Crippen LogP) is 1.52. The molecule has 1 atom stereocenters. The van der Waals surface area contributed by atoms with Crippen LogP contribution in [0.4, 0.5) is 4.79 Å². The van der Waals surface area contributed by atoms with Crippen molar-refractivity contribution in [2.24, 2.45) is 0 Å². The number of hydrogen-bond donors (Lipinski definition) is 0. The summed E-state index contributed by atoms with van der Waals surface area (Å²) in [6.45, 7) is 0.544. The Morgan fingerprint density at radius 2 is 1.52 bits per heavy atom. The molecule has 2 aliphatic rings. The molecule has 0 aliphatic carbocycles. The minimum absolute atomic E-state index is 0.0207. The highest BCUT2D eigenvalue weighted by Crippen LogP contribution is 2.27. The normalized spacial score (nSPS) is 20.8. The van der Waals surface area contributed by atoms with Crippen molar-refractivity contribution in [3.8, 4) is 0 Å². The Morgan fingerprint density at radius 1 is 0.889 bits per heavy atom. The van der Waals surface area contributed by atoms with Crippen LogP contribution < -0.4 is 0 Å². The third-order valence-electron chi connectivity index (χ3n) is 4.94. The fourth-order valence-electron chi connectivity index (χ4n) is 3.50. The zero-order valence-corrected chi connectivity index (χ0v) is 15.4. The fourth-order valence-corrected chi connectivity index (χ4v) is 4.96. The molecule has 3 amide bonds. The smallest absolute Gasteiger partial charge is 0.310 e. The average molecular weight is 385 g/mol. The third-order valence-corrected chi connectivity index (χ3v) is 6.81. The third kappa shape index (κ3) is 3.11. The van der Waals surface area contributed by atoms with Crippen molar-refractivity contribution >= 4 is 22.0 Å². The number of sulfonamides is 1. The quantitative estimate of drug-likeness (QED) is 0.748. The lowest BCUT2D eigenvalue weighted by atomic mass is 10.2.